The number of hydrogen-bond donors (Lipinski definition) is 2. The van der Waals surface area contributed by atoms with Crippen molar-refractivity contribution in [3.63, 3.8) is 0 Å². The average Bonchev–Trinajstić information content (AvgIpc) is 3.29. The second-order valence-electron chi connectivity index (χ2n) is 10.0. The minimum absolute atomic E-state index is 0.0921. The zero-order valence-corrected chi connectivity index (χ0v) is 22.1. The van der Waals surface area contributed by atoms with Crippen LogP contribution in [0.15, 0.2) is 77.6 Å². The van der Waals surface area contributed by atoms with Gasteiger partial charge < -0.3 is 10.1 Å². The van der Waals surface area contributed by atoms with Crippen LogP contribution in [0.1, 0.15) is 29.4 Å². The number of ether oxygens (including phenoxy) is 1. The number of rotatable bonds is 6. The molecule has 0 radical (unpaired) electrons. The third kappa shape index (κ3) is 4.82. The summed E-state index contributed by atoms with van der Waals surface area (Å²) in [6, 6.07) is 23.8. The van der Waals surface area contributed by atoms with Crippen LogP contribution in [0.5, 0.6) is 0 Å². The minimum Gasteiger partial charge on any atom is -0.379 e. The van der Waals surface area contributed by atoms with E-state index < -0.39 is 0 Å². The van der Waals surface area contributed by atoms with Gasteiger partial charge in [-0.25, -0.2) is 9.78 Å². The van der Waals surface area contributed by atoms with E-state index in [0.717, 1.165) is 45.9 Å². The maximum absolute atomic E-state index is 14.1. The Hall–Kier alpha value is -4.34. The van der Waals surface area contributed by atoms with Crippen molar-refractivity contribution < 1.29 is 9.72 Å². The highest BCUT2D eigenvalue weighted by Crippen LogP contribution is 2.33. The number of nitrogens with two attached hydrogens (primary N) is 1. The molecule has 9 nitrogen and oxygen atoms in total. The van der Waals surface area contributed by atoms with E-state index in [9.17, 15) is 4.79 Å². The van der Waals surface area contributed by atoms with Gasteiger partial charge in [-0.05, 0) is 43.5 Å². The van der Waals surface area contributed by atoms with E-state index in [1.807, 2.05) is 86.6 Å². The highest BCUT2D eigenvalue weighted by atomic mass is 16.5. The van der Waals surface area contributed by atoms with Gasteiger partial charge in [-0.1, -0.05) is 60.7 Å². The molecule has 198 valence electrons. The number of aromatic nitrogens is 5. The van der Waals surface area contributed by atoms with E-state index >= 15 is 0 Å². The Bertz CT molecular complexity index is 1650. The van der Waals surface area contributed by atoms with E-state index in [-0.39, 0.29) is 23.7 Å². The fourth-order valence-electron chi connectivity index (χ4n) is 5.49. The summed E-state index contributed by atoms with van der Waals surface area (Å²) < 4.78 is 8.77. The molecule has 3 aromatic heterocycles. The predicted octanol–water partition coefficient (Wildman–Crippen LogP) is 3.21. The van der Waals surface area contributed by atoms with Gasteiger partial charge in [0.25, 0.3) is 0 Å². The van der Waals surface area contributed by atoms with Crippen LogP contribution in [0, 0.1) is 13.8 Å². The summed E-state index contributed by atoms with van der Waals surface area (Å²) in [6.45, 7) is 5.97. The van der Waals surface area contributed by atoms with E-state index in [0.29, 0.717) is 25.3 Å². The molecule has 0 spiro atoms. The summed E-state index contributed by atoms with van der Waals surface area (Å²) in [7, 11) is 0. The molecule has 6 rings (SSSR count). The minimum atomic E-state index is -0.314. The Morgan fingerprint density at radius 3 is 2.41 bits per heavy atom. The number of nitrogens with zero attached hydrogens (tertiary/aromatic N) is 4. The standard InChI is InChI=1S/C30H31N7O2/c1-19-15-23(16-20(2)33-19)26-27(22-11-7-4-8-12-22)34-29(31)36-28(26)35-37(30(36)38)25(21-9-5-3-6-10-21)17-24-18-39-14-13-32-24/h3-12,15-16,24-25,32H,13-14,17-18H2,1-2H3,(H2,31,34)/p+1. The Labute approximate surface area is 226 Å². The third-order valence-corrected chi connectivity index (χ3v) is 7.19. The van der Waals surface area contributed by atoms with Crippen LogP contribution in [0.3, 0.4) is 0 Å². The summed E-state index contributed by atoms with van der Waals surface area (Å²) in [4.78, 5) is 22.0. The van der Waals surface area contributed by atoms with Gasteiger partial charge in [-0.2, -0.15) is 4.68 Å². The first-order chi connectivity index (χ1) is 19.0. The lowest BCUT2D eigenvalue weighted by molar-refractivity contribution is -0.351. The maximum atomic E-state index is 14.1. The van der Waals surface area contributed by atoms with Crippen molar-refractivity contribution in [1.82, 2.24) is 24.5 Å². The van der Waals surface area contributed by atoms with E-state index in [2.05, 4.69) is 15.3 Å². The number of hydrogen-bond acceptors (Lipinski definition) is 6. The molecule has 4 N–H and O–H groups in total. The first kappa shape index (κ1) is 25.0. The van der Waals surface area contributed by atoms with Gasteiger partial charge in [0.1, 0.15) is 5.69 Å². The molecule has 2 atom stereocenters. The van der Waals surface area contributed by atoms with Gasteiger partial charge in [-0.15, -0.1) is 9.50 Å². The summed E-state index contributed by atoms with van der Waals surface area (Å²) in [5.41, 5.74) is 13.0. The Morgan fingerprint density at radius 2 is 1.74 bits per heavy atom. The van der Waals surface area contributed by atoms with Crippen LogP contribution in [0.4, 0.5) is 5.95 Å². The number of aromatic amines is 1. The number of pyridine rings is 1. The largest absolute Gasteiger partial charge is 0.412 e. The monoisotopic (exact) mass is 522 g/mol. The number of nitrogens with one attached hydrogen (secondary N) is 2. The highest BCUT2D eigenvalue weighted by molar-refractivity contribution is 5.88. The average molecular weight is 523 g/mol. The molecule has 4 heterocycles. The first-order valence-electron chi connectivity index (χ1n) is 13.2. The molecule has 1 aliphatic heterocycles. The van der Waals surface area contributed by atoms with Crippen molar-refractivity contribution in [2.45, 2.75) is 32.4 Å². The molecule has 0 amide bonds. The number of benzene rings is 2. The highest BCUT2D eigenvalue weighted by Gasteiger charge is 2.30. The van der Waals surface area contributed by atoms with Crippen LogP contribution in [0.2, 0.25) is 0 Å². The van der Waals surface area contributed by atoms with E-state index in [1.165, 1.54) is 4.40 Å². The molecule has 2 aromatic carbocycles. The van der Waals surface area contributed by atoms with Crippen molar-refractivity contribution in [2.24, 2.45) is 0 Å². The summed E-state index contributed by atoms with van der Waals surface area (Å²) in [5, 5.41) is 8.54. The van der Waals surface area contributed by atoms with Crippen LogP contribution in [0.25, 0.3) is 28.0 Å². The molecule has 39 heavy (non-hydrogen) atoms. The molecule has 0 saturated carbocycles. The zero-order chi connectivity index (χ0) is 26.9. The lowest BCUT2D eigenvalue weighted by atomic mass is 9.99. The zero-order valence-electron chi connectivity index (χ0n) is 22.1. The molecule has 2 unspecified atom stereocenters. The number of fused-ring (bicyclic) bond motifs is 1. The van der Waals surface area contributed by atoms with Gasteiger partial charge in [0, 0.05) is 29.5 Å². The molecule has 5 aromatic rings. The molecule has 1 saturated heterocycles. The molecule has 0 bridgehead atoms. The smallest absolute Gasteiger partial charge is 0.379 e. The molecule has 9 heteroatoms. The Kier molecular flexibility index (Phi) is 6.68. The molecular weight excluding hydrogens is 490 g/mol. The van der Waals surface area contributed by atoms with Gasteiger partial charge >= 0.3 is 11.6 Å². The maximum Gasteiger partial charge on any atom is 0.412 e. The Morgan fingerprint density at radius 1 is 1.05 bits per heavy atom. The number of aryl methyl sites for hydroxylation is 2. The van der Waals surface area contributed by atoms with Gasteiger partial charge in [0.15, 0.2) is 0 Å². The molecule has 0 aliphatic carbocycles. The molecule has 1 aliphatic rings. The topological polar surface area (TPSA) is 114 Å². The van der Waals surface area contributed by atoms with E-state index in [1.54, 1.807) is 4.68 Å². The molecular formula is C30H32N7O2+. The summed E-state index contributed by atoms with van der Waals surface area (Å²) in [6.07, 6.45) is 0.645. The summed E-state index contributed by atoms with van der Waals surface area (Å²) in [5.74, 6) is 0.220. The number of H-pyrrole nitrogens is 1. The fraction of sp³-hybridized carbons (Fsp3) is 0.267. The third-order valence-electron chi connectivity index (χ3n) is 7.19. The van der Waals surface area contributed by atoms with E-state index in [4.69, 9.17) is 15.6 Å². The van der Waals surface area contributed by atoms with Gasteiger partial charge in [-0.3, -0.25) is 10.7 Å². The van der Waals surface area contributed by atoms with Crippen molar-refractivity contribution in [3.05, 3.63) is 100 Å². The van der Waals surface area contributed by atoms with Gasteiger partial charge in [0.05, 0.1) is 24.8 Å². The Balaban J connectivity index is 1.62. The number of anilines is 1. The van der Waals surface area contributed by atoms with Crippen molar-refractivity contribution in [3.8, 4) is 22.4 Å². The van der Waals surface area contributed by atoms with Crippen molar-refractivity contribution in [1.29, 1.82) is 0 Å². The van der Waals surface area contributed by atoms with Crippen molar-refractivity contribution >= 4 is 11.6 Å². The quantitative estimate of drug-likeness (QED) is 0.354. The number of morpholine rings is 1. The SMILES string of the molecule is Cc1cc(-c2c(-c3ccccc3)[nH+]c(N)n3c(=O)n(C(CC4COCCN4)c4ccccc4)nc23)cc(C)n1. The first-order valence-corrected chi connectivity index (χ1v) is 13.2. The van der Waals surface area contributed by atoms with Gasteiger partial charge in [0.2, 0.25) is 5.65 Å². The second kappa shape index (κ2) is 10.4. The van der Waals surface area contributed by atoms with Crippen LogP contribution >= 0.6 is 0 Å². The fourth-order valence-corrected chi connectivity index (χ4v) is 5.49. The van der Waals surface area contributed by atoms with Crippen molar-refractivity contribution in [2.75, 3.05) is 25.5 Å². The second-order valence-corrected chi connectivity index (χ2v) is 10.0. The van der Waals surface area contributed by atoms with Crippen LogP contribution < -0.4 is 21.7 Å². The summed E-state index contributed by atoms with van der Waals surface area (Å²) >= 11 is 0. The lowest BCUT2D eigenvalue weighted by Crippen LogP contribution is -2.43. The predicted molar refractivity (Wildman–Crippen MR) is 150 cm³/mol. The number of nitrogen functional groups attached to an aromatic ring is 1. The normalized spacial score (nSPS) is 16.4. The van der Waals surface area contributed by atoms with Crippen LogP contribution in [-0.2, 0) is 4.74 Å². The molecule has 1 fully saturated rings. The lowest BCUT2D eigenvalue weighted by Gasteiger charge is -2.27. The van der Waals surface area contributed by atoms with Crippen LogP contribution in [-0.4, -0.2) is 45.0 Å².